The number of rotatable bonds is 4. The Hall–Kier alpha value is -1.58. The Bertz CT molecular complexity index is 644. The Labute approximate surface area is 129 Å². The molecule has 0 bridgehead atoms. The molecule has 0 aliphatic carbocycles. The molecule has 0 saturated heterocycles. The summed E-state index contributed by atoms with van der Waals surface area (Å²) in [6.45, 7) is 2.37. The summed E-state index contributed by atoms with van der Waals surface area (Å²) in [5.41, 5.74) is 9.34. The van der Waals surface area contributed by atoms with Crippen molar-refractivity contribution in [3.05, 3.63) is 64.4 Å². The molecule has 2 aromatic rings. The van der Waals surface area contributed by atoms with Crippen LogP contribution in [0.15, 0.2) is 42.5 Å². The molecule has 1 aliphatic heterocycles. The zero-order chi connectivity index (χ0) is 14.8. The third kappa shape index (κ3) is 2.89. The van der Waals surface area contributed by atoms with E-state index >= 15 is 0 Å². The zero-order valence-corrected chi connectivity index (χ0v) is 12.5. The third-order valence-electron chi connectivity index (χ3n) is 4.03. The maximum absolute atomic E-state index is 13.3. The van der Waals surface area contributed by atoms with E-state index in [2.05, 4.69) is 23.1 Å². The minimum absolute atomic E-state index is 0.179. The van der Waals surface area contributed by atoms with Crippen LogP contribution in [0.4, 0.5) is 10.1 Å². The SMILES string of the molecule is NCCC1CN(Cc2ccc(F)c(Cl)c2)c2ccccc21. The average Bonchev–Trinajstić information content (AvgIpc) is 2.82. The van der Waals surface area contributed by atoms with E-state index in [1.165, 1.54) is 17.3 Å². The van der Waals surface area contributed by atoms with Gasteiger partial charge in [-0.15, -0.1) is 0 Å². The Morgan fingerprint density at radius 3 is 2.81 bits per heavy atom. The number of nitrogens with two attached hydrogens (primary N) is 1. The lowest BCUT2D eigenvalue weighted by molar-refractivity contribution is 0.625. The van der Waals surface area contributed by atoms with E-state index in [1.54, 1.807) is 12.1 Å². The monoisotopic (exact) mass is 304 g/mol. The summed E-state index contributed by atoms with van der Waals surface area (Å²) in [4.78, 5) is 2.32. The number of anilines is 1. The smallest absolute Gasteiger partial charge is 0.141 e. The number of nitrogens with zero attached hydrogens (tertiary/aromatic N) is 1. The van der Waals surface area contributed by atoms with Crippen LogP contribution < -0.4 is 10.6 Å². The summed E-state index contributed by atoms with van der Waals surface area (Å²) in [5, 5.41) is 0.179. The van der Waals surface area contributed by atoms with Gasteiger partial charge in [-0.1, -0.05) is 35.9 Å². The van der Waals surface area contributed by atoms with Gasteiger partial charge in [-0.25, -0.2) is 4.39 Å². The highest BCUT2D eigenvalue weighted by Crippen LogP contribution is 2.38. The molecule has 1 unspecified atom stereocenters. The summed E-state index contributed by atoms with van der Waals surface area (Å²) in [7, 11) is 0. The van der Waals surface area contributed by atoms with E-state index in [4.69, 9.17) is 17.3 Å². The highest BCUT2D eigenvalue weighted by molar-refractivity contribution is 6.30. The fraction of sp³-hybridized carbons (Fsp3) is 0.294. The van der Waals surface area contributed by atoms with Crippen LogP contribution in [0.3, 0.4) is 0 Å². The zero-order valence-electron chi connectivity index (χ0n) is 11.7. The van der Waals surface area contributed by atoms with Crippen molar-refractivity contribution < 1.29 is 4.39 Å². The first-order chi connectivity index (χ1) is 10.2. The molecule has 0 amide bonds. The molecular weight excluding hydrogens is 287 g/mol. The molecule has 4 heteroatoms. The van der Waals surface area contributed by atoms with E-state index in [1.807, 2.05) is 6.07 Å². The van der Waals surface area contributed by atoms with Crippen LogP contribution in [0.1, 0.15) is 23.5 Å². The maximum Gasteiger partial charge on any atom is 0.141 e. The van der Waals surface area contributed by atoms with Crippen LogP contribution >= 0.6 is 11.6 Å². The van der Waals surface area contributed by atoms with E-state index in [0.29, 0.717) is 12.5 Å². The van der Waals surface area contributed by atoms with E-state index in [9.17, 15) is 4.39 Å². The molecular formula is C17H18ClFN2. The summed E-state index contributed by atoms with van der Waals surface area (Å²) in [6, 6.07) is 13.4. The van der Waals surface area contributed by atoms with Crippen LogP contribution in [0.5, 0.6) is 0 Å². The largest absolute Gasteiger partial charge is 0.366 e. The normalized spacial score (nSPS) is 17.1. The van der Waals surface area contributed by atoms with Gasteiger partial charge in [-0.2, -0.15) is 0 Å². The number of para-hydroxylation sites is 1. The van der Waals surface area contributed by atoms with Gasteiger partial charge in [0.15, 0.2) is 0 Å². The predicted molar refractivity (Wildman–Crippen MR) is 85.3 cm³/mol. The van der Waals surface area contributed by atoms with Crippen LogP contribution in [0.2, 0.25) is 5.02 Å². The molecule has 1 aliphatic rings. The second kappa shape index (κ2) is 6.04. The fourth-order valence-electron chi connectivity index (χ4n) is 3.04. The van der Waals surface area contributed by atoms with Crippen molar-refractivity contribution in [2.75, 3.05) is 18.0 Å². The Morgan fingerprint density at radius 2 is 2.05 bits per heavy atom. The van der Waals surface area contributed by atoms with Gasteiger partial charge in [-0.3, -0.25) is 0 Å². The van der Waals surface area contributed by atoms with Crippen molar-refractivity contribution in [2.45, 2.75) is 18.9 Å². The van der Waals surface area contributed by atoms with Crippen LogP contribution in [0.25, 0.3) is 0 Å². The second-order valence-corrected chi connectivity index (χ2v) is 5.87. The van der Waals surface area contributed by atoms with Gasteiger partial charge in [0.05, 0.1) is 5.02 Å². The first-order valence-corrected chi connectivity index (χ1v) is 7.54. The molecule has 1 heterocycles. The van der Waals surface area contributed by atoms with Gasteiger partial charge >= 0.3 is 0 Å². The first-order valence-electron chi connectivity index (χ1n) is 7.17. The summed E-state index contributed by atoms with van der Waals surface area (Å²) in [5.74, 6) is 0.102. The van der Waals surface area contributed by atoms with Crippen molar-refractivity contribution in [1.82, 2.24) is 0 Å². The Morgan fingerprint density at radius 1 is 1.24 bits per heavy atom. The number of hydrogen-bond acceptors (Lipinski definition) is 2. The highest BCUT2D eigenvalue weighted by atomic mass is 35.5. The van der Waals surface area contributed by atoms with Crippen molar-refractivity contribution >= 4 is 17.3 Å². The number of benzene rings is 2. The van der Waals surface area contributed by atoms with Gasteiger partial charge < -0.3 is 10.6 Å². The lowest BCUT2D eigenvalue weighted by Gasteiger charge is -2.20. The molecule has 21 heavy (non-hydrogen) atoms. The van der Waals surface area contributed by atoms with Gasteiger partial charge in [-0.05, 0) is 42.3 Å². The molecule has 0 spiro atoms. The van der Waals surface area contributed by atoms with Gasteiger partial charge in [0.1, 0.15) is 5.82 Å². The molecule has 2 nitrogen and oxygen atoms in total. The van der Waals surface area contributed by atoms with Gasteiger partial charge in [0, 0.05) is 24.7 Å². The standard InChI is InChI=1S/C17H18ClFN2/c18-15-9-12(5-6-16(15)19)10-21-11-13(7-8-20)14-3-1-2-4-17(14)21/h1-6,9,13H,7-8,10-11,20H2. The molecule has 0 saturated carbocycles. The lowest BCUT2D eigenvalue weighted by Crippen LogP contribution is -2.22. The van der Waals surface area contributed by atoms with E-state index in [0.717, 1.165) is 25.1 Å². The van der Waals surface area contributed by atoms with Gasteiger partial charge in [0.2, 0.25) is 0 Å². The molecule has 1 atom stereocenters. The Kier molecular flexibility index (Phi) is 4.13. The topological polar surface area (TPSA) is 29.3 Å². The average molecular weight is 305 g/mol. The maximum atomic E-state index is 13.3. The molecule has 3 rings (SSSR count). The van der Waals surface area contributed by atoms with Crippen molar-refractivity contribution in [2.24, 2.45) is 5.73 Å². The summed E-state index contributed by atoms with van der Waals surface area (Å²) < 4.78 is 13.3. The summed E-state index contributed by atoms with van der Waals surface area (Å²) >= 11 is 5.87. The first kappa shape index (κ1) is 14.4. The summed E-state index contributed by atoms with van der Waals surface area (Å²) in [6.07, 6.45) is 0.984. The third-order valence-corrected chi connectivity index (χ3v) is 4.32. The van der Waals surface area contributed by atoms with E-state index < -0.39 is 0 Å². The van der Waals surface area contributed by atoms with Crippen molar-refractivity contribution in [1.29, 1.82) is 0 Å². The van der Waals surface area contributed by atoms with Crippen LogP contribution in [-0.4, -0.2) is 13.1 Å². The van der Waals surface area contributed by atoms with E-state index in [-0.39, 0.29) is 10.8 Å². The highest BCUT2D eigenvalue weighted by Gasteiger charge is 2.27. The minimum Gasteiger partial charge on any atom is -0.366 e. The lowest BCUT2D eigenvalue weighted by atomic mass is 9.98. The molecule has 2 aromatic carbocycles. The van der Waals surface area contributed by atoms with Crippen molar-refractivity contribution in [3.8, 4) is 0 Å². The van der Waals surface area contributed by atoms with Crippen LogP contribution in [-0.2, 0) is 6.54 Å². The minimum atomic E-state index is -0.372. The predicted octanol–water partition coefficient (Wildman–Crippen LogP) is 3.93. The molecule has 0 aromatic heterocycles. The number of hydrogen-bond donors (Lipinski definition) is 1. The fourth-order valence-corrected chi connectivity index (χ4v) is 3.24. The quantitative estimate of drug-likeness (QED) is 0.927. The molecule has 0 fully saturated rings. The van der Waals surface area contributed by atoms with Gasteiger partial charge in [0.25, 0.3) is 0 Å². The number of fused-ring (bicyclic) bond motifs is 1. The Balaban J connectivity index is 1.84. The van der Waals surface area contributed by atoms with Crippen molar-refractivity contribution in [3.63, 3.8) is 0 Å². The molecule has 0 radical (unpaired) electrons. The molecule has 2 N–H and O–H groups in total. The molecule has 110 valence electrons. The second-order valence-electron chi connectivity index (χ2n) is 5.46. The van der Waals surface area contributed by atoms with Crippen LogP contribution in [0, 0.1) is 5.82 Å². The number of halogens is 2.